The highest BCUT2D eigenvalue weighted by Crippen LogP contribution is 2.43. The van der Waals surface area contributed by atoms with E-state index in [1.807, 2.05) is 53.5 Å². The average Bonchev–Trinajstić information content (AvgIpc) is 3.17. The first kappa shape index (κ1) is 15.3. The topological polar surface area (TPSA) is 36.0 Å². The van der Waals surface area contributed by atoms with Gasteiger partial charge in [-0.1, -0.05) is 35.9 Å². The summed E-state index contributed by atoms with van der Waals surface area (Å²) in [7, 11) is 1.65. The Morgan fingerprint density at radius 3 is 2.75 bits per heavy atom. The maximum Gasteiger partial charge on any atom is 0.340 e. The number of halogens is 1. The van der Waals surface area contributed by atoms with Gasteiger partial charge in [0.1, 0.15) is 11.9 Å². The molecule has 0 radical (unpaired) electrons. The number of benzene rings is 2. The second-order valence-corrected chi connectivity index (χ2v) is 6.32. The quantitative estimate of drug-likeness (QED) is 0.847. The van der Waals surface area contributed by atoms with E-state index < -0.39 is 0 Å². The smallest absolute Gasteiger partial charge is 0.340 e. The molecule has 2 aromatic carbocycles. The van der Waals surface area contributed by atoms with E-state index in [-0.39, 0.29) is 12.2 Å². The molecule has 2 saturated heterocycles. The van der Waals surface area contributed by atoms with Crippen molar-refractivity contribution in [2.45, 2.75) is 12.6 Å². The predicted octanol–water partition coefficient (Wildman–Crippen LogP) is 3.91. The number of para-hydroxylation sites is 1. The first-order valence-electron chi connectivity index (χ1n) is 7.96. The lowest BCUT2D eigenvalue weighted by molar-refractivity contribution is 0.0718. The molecule has 0 spiro atoms. The van der Waals surface area contributed by atoms with Crippen LogP contribution in [0, 0.1) is 0 Å². The number of hydrazine groups is 1. The van der Waals surface area contributed by atoms with E-state index in [0.717, 1.165) is 36.5 Å². The van der Waals surface area contributed by atoms with Crippen LogP contribution in [0.1, 0.15) is 18.2 Å². The van der Waals surface area contributed by atoms with Crippen LogP contribution < -0.4 is 9.64 Å². The van der Waals surface area contributed by atoms with Crippen LogP contribution in [0.5, 0.6) is 5.75 Å². The van der Waals surface area contributed by atoms with Crippen molar-refractivity contribution >= 4 is 23.3 Å². The highest BCUT2D eigenvalue weighted by molar-refractivity contribution is 6.30. The minimum absolute atomic E-state index is 0.0225. The van der Waals surface area contributed by atoms with E-state index in [1.165, 1.54) is 0 Å². The van der Waals surface area contributed by atoms with Crippen LogP contribution >= 0.6 is 11.6 Å². The van der Waals surface area contributed by atoms with Gasteiger partial charge in [0.05, 0.1) is 7.11 Å². The van der Waals surface area contributed by atoms with Gasteiger partial charge in [-0.2, -0.15) is 5.01 Å². The summed E-state index contributed by atoms with van der Waals surface area (Å²) >= 11 is 6.15. The Morgan fingerprint density at radius 2 is 1.96 bits per heavy atom. The molecule has 2 amide bonds. The molecule has 0 aromatic heterocycles. The number of anilines is 1. The summed E-state index contributed by atoms with van der Waals surface area (Å²) in [5.41, 5.74) is 1.76. The third kappa shape index (κ3) is 2.32. The van der Waals surface area contributed by atoms with E-state index in [4.69, 9.17) is 16.3 Å². The molecule has 0 bridgehead atoms. The van der Waals surface area contributed by atoms with E-state index in [9.17, 15) is 4.79 Å². The van der Waals surface area contributed by atoms with Crippen molar-refractivity contribution in [3.63, 3.8) is 0 Å². The molecule has 4 rings (SSSR count). The largest absolute Gasteiger partial charge is 0.496 e. The number of hydrogen-bond donors (Lipinski definition) is 0. The van der Waals surface area contributed by atoms with Gasteiger partial charge in [0.2, 0.25) is 0 Å². The van der Waals surface area contributed by atoms with Crippen LogP contribution in [0.25, 0.3) is 0 Å². The number of amides is 2. The van der Waals surface area contributed by atoms with Crippen molar-refractivity contribution in [3.8, 4) is 5.75 Å². The Bertz CT molecular complexity index is 782. The molecule has 2 aromatic rings. The van der Waals surface area contributed by atoms with Gasteiger partial charge in [0.15, 0.2) is 0 Å². The lowest BCUT2D eigenvalue weighted by Gasteiger charge is -2.29. The molecule has 2 heterocycles. The Labute approximate surface area is 145 Å². The second kappa shape index (κ2) is 6.00. The predicted molar refractivity (Wildman–Crippen MR) is 93.1 cm³/mol. The second-order valence-electron chi connectivity index (χ2n) is 5.89. The number of fused-ring (bicyclic) bond motifs is 1. The molecule has 6 heteroatoms. The number of urea groups is 1. The third-order valence-corrected chi connectivity index (χ3v) is 4.76. The minimum atomic E-state index is -0.227. The molecule has 2 fully saturated rings. The summed E-state index contributed by atoms with van der Waals surface area (Å²) in [5.74, 6) is 0.774. The maximum absolute atomic E-state index is 13.0. The lowest BCUT2D eigenvalue weighted by Crippen LogP contribution is -2.32. The SMILES string of the molecule is COc1ccccc1[C@H]1N(c2cccc(Cl)c2)C(=O)N2CCCN12. The van der Waals surface area contributed by atoms with Crippen molar-refractivity contribution in [3.05, 3.63) is 59.1 Å². The molecule has 24 heavy (non-hydrogen) atoms. The summed E-state index contributed by atoms with van der Waals surface area (Å²) in [6.07, 6.45) is 0.746. The fourth-order valence-corrected chi connectivity index (χ4v) is 3.70. The molecule has 0 aliphatic carbocycles. The minimum Gasteiger partial charge on any atom is -0.496 e. The summed E-state index contributed by atoms with van der Waals surface area (Å²) < 4.78 is 5.54. The number of nitrogens with zero attached hydrogens (tertiary/aromatic N) is 3. The Hall–Kier alpha value is -2.24. The third-order valence-electron chi connectivity index (χ3n) is 4.52. The van der Waals surface area contributed by atoms with Crippen molar-refractivity contribution in [1.29, 1.82) is 0 Å². The van der Waals surface area contributed by atoms with Crippen molar-refractivity contribution in [2.75, 3.05) is 25.1 Å². The first-order valence-corrected chi connectivity index (χ1v) is 8.34. The molecule has 124 valence electrons. The van der Waals surface area contributed by atoms with E-state index >= 15 is 0 Å². The number of carbonyl (C=O) groups is 1. The monoisotopic (exact) mass is 343 g/mol. The fourth-order valence-electron chi connectivity index (χ4n) is 3.51. The molecule has 0 unspecified atom stereocenters. The molecule has 0 saturated carbocycles. The normalized spacial score (nSPS) is 20.6. The van der Waals surface area contributed by atoms with E-state index in [0.29, 0.717) is 5.02 Å². The number of ether oxygens (including phenoxy) is 1. The van der Waals surface area contributed by atoms with Gasteiger partial charge in [-0.15, -0.1) is 0 Å². The van der Waals surface area contributed by atoms with Gasteiger partial charge in [-0.25, -0.2) is 4.79 Å². The zero-order valence-electron chi connectivity index (χ0n) is 13.4. The highest BCUT2D eigenvalue weighted by atomic mass is 35.5. The highest BCUT2D eigenvalue weighted by Gasteiger charge is 2.48. The molecule has 5 nitrogen and oxygen atoms in total. The molecular formula is C18H18ClN3O2. The summed E-state index contributed by atoms with van der Waals surface area (Å²) in [6, 6.07) is 15.2. The van der Waals surface area contributed by atoms with E-state index in [2.05, 4.69) is 5.01 Å². The molecule has 2 aliphatic heterocycles. The number of methoxy groups -OCH3 is 1. The van der Waals surface area contributed by atoms with Crippen molar-refractivity contribution < 1.29 is 9.53 Å². The summed E-state index contributed by atoms with van der Waals surface area (Å²) in [4.78, 5) is 14.8. The van der Waals surface area contributed by atoms with Gasteiger partial charge >= 0.3 is 6.03 Å². The fraction of sp³-hybridized carbons (Fsp3) is 0.278. The zero-order valence-corrected chi connectivity index (χ0v) is 14.1. The number of rotatable bonds is 3. The number of carbonyl (C=O) groups excluding carboxylic acids is 1. The summed E-state index contributed by atoms with van der Waals surface area (Å²) in [5, 5.41) is 4.54. The maximum atomic E-state index is 13.0. The van der Waals surface area contributed by atoms with Crippen molar-refractivity contribution in [2.24, 2.45) is 0 Å². The average molecular weight is 344 g/mol. The molecule has 0 N–H and O–H groups in total. The van der Waals surface area contributed by atoms with Crippen LogP contribution in [-0.2, 0) is 0 Å². The van der Waals surface area contributed by atoms with E-state index in [1.54, 1.807) is 12.0 Å². The Kier molecular flexibility index (Phi) is 3.82. The van der Waals surface area contributed by atoms with Crippen LogP contribution in [0.2, 0.25) is 5.02 Å². The molecule has 1 atom stereocenters. The van der Waals surface area contributed by atoms with Crippen LogP contribution in [0.4, 0.5) is 10.5 Å². The standard InChI is InChI=1S/C18H18ClN3O2/c1-24-16-9-3-2-8-15(16)17-20-10-5-11-21(20)18(23)22(17)14-7-4-6-13(19)12-14/h2-4,6-9,12,17H,5,10-11H2,1H3/t17-/m1/s1. The Balaban J connectivity index is 1.85. The van der Waals surface area contributed by atoms with Crippen LogP contribution in [0.3, 0.4) is 0 Å². The van der Waals surface area contributed by atoms with Gasteiger partial charge in [-0.05, 0) is 30.7 Å². The molecular weight excluding hydrogens is 326 g/mol. The van der Waals surface area contributed by atoms with Crippen LogP contribution in [0.15, 0.2) is 48.5 Å². The Morgan fingerprint density at radius 1 is 1.12 bits per heavy atom. The first-order chi connectivity index (χ1) is 11.7. The van der Waals surface area contributed by atoms with Crippen LogP contribution in [-0.4, -0.2) is 36.2 Å². The van der Waals surface area contributed by atoms with Gasteiger partial charge in [-0.3, -0.25) is 9.91 Å². The summed E-state index contributed by atoms with van der Waals surface area (Å²) in [6.45, 7) is 1.58. The zero-order chi connectivity index (χ0) is 16.7. The van der Waals surface area contributed by atoms with Crippen molar-refractivity contribution in [1.82, 2.24) is 10.0 Å². The number of hydrogen-bond acceptors (Lipinski definition) is 3. The van der Waals surface area contributed by atoms with Gasteiger partial charge in [0.25, 0.3) is 0 Å². The lowest BCUT2D eigenvalue weighted by atomic mass is 10.1. The molecule has 2 aliphatic rings. The van der Waals surface area contributed by atoms with Gasteiger partial charge in [0, 0.05) is 29.4 Å². The van der Waals surface area contributed by atoms with Gasteiger partial charge < -0.3 is 4.74 Å².